The summed E-state index contributed by atoms with van der Waals surface area (Å²) in [6.45, 7) is 7.74. The van der Waals surface area contributed by atoms with Gasteiger partial charge in [0.1, 0.15) is 12.1 Å². The molecule has 8 heteroatoms. The zero-order valence-electron chi connectivity index (χ0n) is 24.6. The molecule has 0 saturated heterocycles. The molecule has 40 heavy (non-hydrogen) atoms. The number of ketones is 1. The molecule has 0 radical (unpaired) electrons. The molecule has 0 saturated carbocycles. The van der Waals surface area contributed by atoms with Crippen LogP contribution in [0.5, 0.6) is 0 Å². The van der Waals surface area contributed by atoms with Crippen LogP contribution < -0.4 is 11.1 Å². The van der Waals surface area contributed by atoms with Crippen molar-refractivity contribution in [2.45, 2.75) is 84.3 Å². The Bertz CT molecular complexity index is 1260. The van der Waals surface area contributed by atoms with E-state index in [4.69, 9.17) is 10.5 Å². The third kappa shape index (κ3) is 7.16. The monoisotopic (exact) mass is 549 g/mol. The quantitative estimate of drug-likeness (QED) is 0.395. The highest BCUT2D eigenvalue weighted by atomic mass is 16.5. The normalized spacial score (nSPS) is 20.2. The van der Waals surface area contributed by atoms with E-state index in [1.54, 1.807) is 14.0 Å². The van der Waals surface area contributed by atoms with Gasteiger partial charge < -0.3 is 20.7 Å². The van der Waals surface area contributed by atoms with Crippen molar-refractivity contribution in [2.75, 3.05) is 14.2 Å². The number of carbonyl (C=O) groups excluding carboxylic acids is 4. The Morgan fingerprint density at radius 2 is 1.70 bits per heavy atom. The summed E-state index contributed by atoms with van der Waals surface area (Å²) >= 11 is 0. The smallest absolute Gasteiger partial charge is 0.328 e. The maximum Gasteiger partial charge on any atom is 0.328 e. The topological polar surface area (TPSA) is 119 Å². The van der Waals surface area contributed by atoms with Crippen LogP contribution in [-0.2, 0) is 30.3 Å². The Morgan fingerprint density at radius 3 is 2.35 bits per heavy atom. The van der Waals surface area contributed by atoms with E-state index < -0.39 is 35.9 Å². The molecule has 0 unspecified atom stereocenters. The molecule has 1 aliphatic rings. The second kappa shape index (κ2) is 13.7. The summed E-state index contributed by atoms with van der Waals surface area (Å²) in [7, 11) is 2.89. The molecular weight excluding hydrogens is 506 g/mol. The standard InChI is InChI=1S/C32H43N3O5/c1-7-8-9-10-26(33)31(38)35(5)29-23-14-12-20(3)25(18-23)24-16-22(13-11-19(24)2)17-27(32(39)40-6)34-30(37)21(4)15-28(29)36/h11-14,16,18,21,26-27,29H,7-10,15,17,33H2,1-6H3,(H,34,37)/t21-,26+,27+,29+/m1/s1. The van der Waals surface area contributed by atoms with Crippen LogP contribution in [0.25, 0.3) is 11.1 Å². The molecule has 216 valence electrons. The van der Waals surface area contributed by atoms with Crippen LogP contribution in [0.4, 0.5) is 0 Å². The lowest BCUT2D eigenvalue weighted by atomic mass is 9.87. The van der Waals surface area contributed by atoms with Crippen molar-refractivity contribution in [3.05, 3.63) is 58.7 Å². The molecule has 4 bridgehead atoms. The first kappa shape index (κ1) is 31.0. The largest absolute Gasteiger partial charge is 0.467 e. The number of carbonyl (C=O) groups is 4. The number of nitrogens with one attached hydrogen (secondary N) is 1. The highest BCUT2D eigenvalue weighted by Crippen LogP contribution is 2.33. The first-order chi connectivity index (χ1) is 19.0. The average Bonchev–Trinajstić information content (AvgIpc) is 2.93. The molecular formula is C32H43N3O5. The summed E-state index contributed by atoms with van der Waals surface area (Å²) in [5, 5.41) is 2.78. The lowest BCUT2D eigenvalue weighted by Crippen LogP contribution is -2.47. The predicted molar refractivity (Wildman–Crippen MR) is 155 cm³/mol. The van der Waals surface area contributed by atoms with Gasteiger partial charge >= 0.3 is 5.97 Å². The molecule has 3 N–H and O–H groups in total. The maximum absolute atomic E-state index is 13.9. The minimum absolute atomic E-state index is 0.110. The van der Waals surface area contributed by atoms with Gasteiger partial charge in [0.2, 0.25) is 11.8 Å². The number of hydrogen-bond acceptors (Lipinski definition) is 6. The summed E-state index contributed by atoms with van der Waals surface area (Å²) in [5.74, 6) is -2.29. The first-order valence-electron chi connectivity index (χ1n) is 14.1. The summed E-state index contributed by atoms with van der Waals surface area (Å²) in [4.78, 5) is 54.5. The third-order valence-corrected chi connectivity index (χ3v) is 7.84. The van der Waals surface area contributed by atoms with Gasteiger partial charge in [-0.3, -0.25) is 14.4 Å². The van der Waals surface area contributed by atoms with Crippen molar-refractivity contribution in [2.24, 2.45) is 11.7 Å². The number of nitrogens with zero attached hydrogens (tertiary/aromatic N) is 1. The molecule has 2 aromatic carbocycles. The molecule has 0 spiro atoms. The second-order valence-electron chi connectivity index (χ2n) is 11.0. The van der Waals surface area contributed by atoms with E-state index in [0.29, 0.717) is 12.0 Å². The highest BCUT2D eigenvalue weighted by molar-refractivity contribution is 5.95. The molecule has 2 aromatic rings. The number of nitrogens with two attached hydrogens (primary N) is 1. The Morgan fingerprint density at radius 1 is 1.05 bits per heavy atom. The van der Waals surface area contributed by atoms with Crippen molar-refractivity contribution < 1.29 is 23.9 Å². The van der Waals surface area contributed by atoms with Crippen molar-refractivity contribution in [1.29, 1.82) is 0 Å². The maximum atomic E-state index is 13.9. The summed E-state index contributed by atoms with van der Waals surface area (Å²) in [5.41, 5.74) is 11.7. The minimum atomic E-state index is -0.915. The molecule has 0 fully saturated rings. The first-order valence-corrected chi connectivity index (χ1v) is 14.1. The number of methoxy groups -OCH3 is 1. The fraction of sp³-hybridized carbons (Fsp3) is 0.500. The van der Waals surface area contributed by atoms with Crippen LogP contribution in [0.15, 0.2) is 36.4 Å². The number of rotatable bonds is 7. The summed E-state index contributed by atoms with van der Waals surface area (Å²) in [6.07, 6.45) is 3.50. The van der Waals surface area contributed by atoms with E-state index in [1.165, 1.54) is 12.0 Å². The van der Waals surface area contributed by atoms with Gasteiger partial charge in [-0.15, -0.1) is 0 Å². The van der Waals surface area contributed by atoms with E-state index in [-0.39, 0.29) is 24.5 Å². The number of unbranched alkanes of at least 4 members (excludes halogenated alkanes) is 2. The Kier molecular flexibility index (Phi) is 10.6. The lowest BCUT2D eigenvalue weighted by Gasteiger charge is -2.31. The zero-order chi connectivity index (χ0) is 29.6. The lowest BCUT2D eigenvalue weighted by molar-refractivity contribution is -0.145. The molecule has 3 rings (SSSR count). The van der Waals surface area contributed by atoms with E-state index in [1.807, 2.05) is 50.2 Å². The number of fused-ring (bicyclic) bond motifs is 5. The van der Waals surface area contributed by atoms with Gasteiger partial charge in [0.25, 0.3) is 0 Å². The number of aryl methyl sites for hydroxylation is 2. The summed E-state index contributed by atoms with van der Waals surface area (Å²) in [6, 6.07) is 9.18. The van der Waals surface area contributed by atoms with Crippen molar-refractivity contribution in [1.82, 2.24) is 10.2 Å². The van der Waals surface area contributed by atoms with Crippen molar-refractivity contribution in [3.63, 3.8) is 0 Å². The van der Waals surface area contributed by atoms with Crippen LogP contribution in [0.1, 0.15) is 74.2 Å². The zero-order valence-corrected chi connectivity index (χ0v) is 24.6. The number of esters is 1. The second-order valence-corrected chi connectivity index (χ2v) is 11.0. The molecule has 0 aliphatic carbocycles. The number of hydrogen-bond donors (Lipinski definition) is 2. The van der Waals surface area contributed by atoms with Crippen molar-refractivity contribution >= 4 is 23.6 Å². The number of Topliss-reactive ketones (excluding diaryl/α,β-unsaturated/α-hetero) is 1. The number of benzene rings is 2. The fourth-order valence-corrected chi connectivity index (χ4v) is 5.33. The van der Waals surface area contributed by atoms with Crippen LogP contribution in [0.3, 0.4) is 0 Å². The Labute approximate surface area is 237 Å². The van der Waals surface area contributed by atoms with Crippen LogP contribution >= 0.6 is 0 Å². The Balaban J connectivity index is 2.14. The number of ether oxygens (including phenoxy) is 1. The van der Waals surface area contributed by atoms with Crippen LogP contribution in [0, 0.1) is 19.8 Å². The van der Waals surface area contributed by atoms with Gasteiger partial charge in [-0.05, 0) is 59.7 Å². The predicted octanol–water partition coefficient (Wildman–Crippen LogP) is 4.19. The molecule has 0 aromatic heterocycles. The molecule has 1 aliphatic heterocycles. The Hall–Kier alpha value is -3.52. The highest BCUT2D eigenvalue weighted by Gasteiger charge is 2.34. The SMILES string of the molecule is CCCCC[C@H](N)C(=O)N(C)[C@@H]1C(=O)C[C@@H](C)C(=O)N[C@H](C(=O)OC)Cc2ccc(C)c(c2)-c2cc1ccc2C. The van der Waals surface area contributed by atoms with E-state index in [0.717, 1.165) is 47.1 Å². The van der Waals surface area contributed by atoms with E-state index in [2.05, 4.69) is 12.2 Å². The van der Waals surface area contributed by atoms with E-state index >= 15 is 0 Å². The van der Waals surface area contributed by atoms with Gasteiger partial charge in [0.15, 0.2) is 5.78 Å². The van der Waals surface area contributed by atoms with Crippen molar-refractivity contribution in [3.8, 4) is 11.1 Å². The van der Waals surface area contributed by atoms with Gasteiger partial charge in [0.05, 0.1) is 13.2 Å². The van der Waals surface area contributed by atoms with Crippen LogP contribution in [-0.4, -0.2) is 54.7 Å². The molecule has 8 nitrogen and oxygen atoms in total. The number of amides is 2. The fourth-order valence-electron chi connectivity index (χ4n) is 5.33. The van der Waals surface area contributed by atoms with Gasteiger partial charge in [-0.1, -0.05) is 63.4 Å². The molecule has 4 atom stereocenters. The summed E-state index contributed by atoms with van der Waals surface area (Å²) < 4.78 is 4.97. The van der Waals surface area contributed by atoms with Crippen LogP contribution in [0.2, 0.25) is 0 Å². The molecule has 2 amide bonds. The van der Waals surface area contributed by atoms with Gasteiger partial charge in [-0.2, -0.15) is 0 Å². The third-order valence-electron chi connectivity index (χ3n) is 7.84. The minimum Gasteiger partial charge on any atom is -0.467 e. The van der Waals surface area contributed by atoms with E-state index in [9.17, 15) is 19.2 Å². The molecule has 1 heterocycles. The van der Waals surface area contributed by atoms with Gasteiger partial charge in [0, 0.05) is 25.8 Å². The average molecular weight is 550 g/mol. The number of likely N-dealkylation sites (N-methyl/N-ethyl adjacent to an activating group) is 1. The van der Waals surface area contributed by atoms with Gasteiger partial charge in [-0.25, -0.2) is 4.79 Å².